The first-order chi connectivity index (χ1) is 6.24. The van der Waals surface area contributed by atoms with Crippen molar-refractivity contribution in [3.05, 3.63) is 24.3 Å². The summed E-state index contributed by atoms with van der Waals surface area (Å²) in [7, 11) is 0. The number of rotatable bonds is 2. The molecule has 0 atom stereocenters. The zero-order valence-electron chi connectivity index (χ0n) is 6.62. The Labute approximate surface area is 74.0 Å². The lowest BCUT2D eigenvalue weighted by molar-refractivity contribution is -0.115. The van der Waals surface area contributed by atoms with Crippen LogP contribution in [0.2, 0.25) is 0 Å². The summed E-state index contributed by atoms with van der Waals surface area (Å²) in [6, 6.07) is 2.98. The fourth-order valence-electron chi connectivity index (χ4n) is 0.743. The maximum absolute atomic E-state index is 12.8. The Balaban J connectivity index is 2.70. The Hall–Kier alpha value is -1.96. The van der Waals surface area contributed by atoms with Crippen molar-refractivity contribution in [1.29, 1.82) is 5.26 Å². The number of nitriles is 1. The Morgan fingerprint density at radius 2 is 2.54 bits per heavy atom. The van der Waals surface area contributed by atoms with E-state index in [1.54, 1.807) is 6.07 Å². The molecule has 1 N–H and O–H groups in total. The molecule has 0 bridgehead atoms. The predicted octanol–water partition coefficient (Wildman–Crippen LogP) is 1.07. The average molecular weight is 179 g/mol. The molecule has 1 amide bonds. The molecule has 0 aliphatic heterocycles. The van der Waals surface area contributed by atoms with Crippen LogP contribution in [0.3, 0.4) is 0 Å². The zero-order valence-corrected chi connectivity index (χ0v) is 6.62. The third-order valence-electron chi connectivity index (χ3n) is 1.29. The monoisotopic (exact) mass is 179 g/mol. The second-order valence-electron chi connectivity index (χ2n) is 2.24. The Kier molecular flexibility index (Phi) is 2.92. The molecule has 1 rings (SSSR count). The summed E-state index contributed by atoms with van der Waals surface area (Å²) in [6.07, 6.45) is 2.05. The lowest BCUT2D eigenvalue weighted by atomic mass is 10.3. The molecule has 0 unspecified atom stereocenters. The Bertz CT molecular complexity index is 359. The quantitative estimate of drug-likeness (QED) is 0.738. The number of hydrogen-bond acceptors (Lipinski definition) is 3. The van der Waals surface area contributed by atoms with E-state index in [-0.39, 0.29) is 12.1 Å². The van der Waals surface area contributed by atoms with E-state index in [2.05, 4.69) is 10.3 Å². The first-order valence-corrected chi connectivity index (χ1v) is 3.50. The van der Waals surface area contributed by atoms with E-state index < -0.39 is 11.7 Å². The Morgan fingerprint density at radius 3 is 3.15 bits per heavy atom. The molecule has 0 aromatic carbocycles. The molecule has 0 aliphatic carbocycles. The van der Waals surface area contributed by atoms with Crippen molar-refractivity contribution >= 4 is 11.6 Å². The maximum Gasteiger partial charge on any atom is 0.238 e. The second kappa shape index (κ2) is 4.16. The fourth-order valence-corrected chi connectivity index (χ4v) is 0.743. The van der Waals surface area contributed by atoms with Crippen LogP contribution < -0.4 is 5.32 Å². The minimum atomic E-state index is -0.617. The number of carbonyl (C=O) groups excluding carboxylic acids is 1. The highest BCUT2D eigenvalue weighted by atomic mass is 19.1. The molecule has 5 heteroatoms. The van der Waals surface area contributed by atoms with Gasteiger partial charge in [0.2, 0.25) is 5.91 Å². The molecule has 1 aromatic heterocycles. The number of amides is 1. The van der Waals surface area contributed by atoms with Gasteiger partial charge in [-0.25, -0.2) is 4.39 Å². The minimum Gasteiger partial charge on any atom is -0.323 e. The van der Waals surface area contributed by atoms with Gasteiger partial charge in [-0.3, -0.25) is 9.78 Å². The molecular weight excluding hydrogens is 173 g/mol. The third kappa shape index (κ3) is 2.52. The maximum atomic E-state index is 12.8. The highest BCUT2D eigenvalue weighted by Crippen LogP contribution is 2.10. The number of hydrogen-bond donors (Lipinski definition) is 1. The van der Waals surface area contributed by atoms with Gasteiger partial charge >= 0.3 is 0 Å². The first kappa shape index (κ1) is 9.13. The lowest BCUT2D eigenvalue weighted by Gasteiger charge is -2.01. The molecule has 0 saturated heterocycles. The smallest absolute Gasteiger partial charge is 0.238 e. The summed E-state index contributed by atoms with van der Waals surface area (Å²) >= 11 is 0. The predicted molar refractivity (Wildman–Crippen MR) is 43.1 cm³/mol. The third-order valence-corrected chi connectivity index (χ3v) is 1.29. The van der Waals surface area contributed by atoms with E-state index in [1.165, 1.54) is 12.3 Å². The number of carbonyl (C=O) groups is 1. The molecule has 66 valence electrons. The van der Waals surface area contributed by atoms with Crippen LogP contribution in [0.25, 0.3) is 0 Å². The summed E-state index contributed by atoms with van der Waals surface area (Å²) < 4.78 is 12.8. The van der Waals surface area contributed by atoms with Crippen LogP contribution in [-0.4, -0.2) is 10.9 Å². The van der Waals surface area contributed by atoms with Crippen LogP contribution >= 0.6 is 0 Å². The van der Waals surface area contributed by atoms with Crippen molar-refractivity contribution in [3.8, 4) is 6.07 Å². The summed E-state index contributed by atoms with van der Waals surface area (Å²) in [5, 5.41) is 10.4. The number of pyridine rings is 1. The van der Waals surface area contributed by atoms with Crippen LogP contribution in [0.1, 0.15) is 6.42 Å². The minimum absolute atomic E-state index is 0.0373. The van der Waals surface area contributed by atoms with Gasteiger partial charge in [0.05, 0.1) is 18.0 Å². The van der Waals surface area contributed by atoms with Crippen LogP contribution in [0, 0.1) is 17.1 Å². The van der Waals surface area contributed by atoms with E-state index in [0.29, 0.717) is 0 Å². The van der Waals surface area contributed by atoms with Gasteiger partial charge in [-0.05, 0) is 6.07 Å². The van der Waals surface area contributed by atoms with Gasteiger partial charge < -0.3 is 5.32 Å². The van der Waals surface area contributed by atoms with Gasteiger partial charge in [0.15, 0.2) is 5.82 Å². The van der Waals surface area contributed by atoms with E-state index in [4.69, 9.17) is 5.26 Å². The van der Waals surface area contributed by atoms with Crippen LogP contribution in [0.4, 0.5) is 10.1 Å². The van der Waals surface area contributed by atoms with Crippen molar-refractivity contribution in [2.75, 3.05) is 5.32 Å². The number of nitrogens with zero attached hydrogens (tertiary/aromatic N) is 2. The molecule has 4 nitrogen and oxygen atoms in total. The van der Waals surface area contributed by atoms with Crippen molar-refractivity contribution in [2.45, 2.75) is 6.42 Å². The normalized spacial score (nSPS) is 8.92. The molecule has 0 aliphatic rings. The molecule has 1 heterocycles. The van der Waals surface area contributed by atoms with Gasteiger partial charge in [0, 0.05) is 6.20 Å². The first-order valence-electron chi connectivity index (χ1n) is 3.50. The van der Waals surface area contributed by atoms with Gasteiger partial charge in [0.1, 0.15) is 6.42 Å². The topological polar surface area (TPSA) is 65.8 Å². The number of aromatic nitrogens is 1. The molecule has 0 spiro atoms. The van der Waals surface area contributed by atoms with Crippen LogP contribution in [-0.2, 0) is 4.79 Å². The fraction of sp³-hybridized carbons (Fsp3) is 0.125. The summed E-state index contributed by atoms with van der Waals surface area (Å²) in [5.74, 6) is -1.15. The average Bonchev–Trinajstić information content (AvgIpc) is 2.09. The highest BCUT2D eigenvalue weighted by molar-refractivity contribution is 5.91. The second-order valence-corrected chi connectivity index (χ2v) is 2.24. The number of nitrogens with one attached hydrogen (secondary N) is 1. The van der Waals surface area contributed by atoms with Crippen molar-refractivity contribution in [2.24, 2.45) is 0 Å². The van der Waals surface area contributed by atoms with Crippen molar-refractivity contribution in [3.63, 3.8) is 0 Å². The van der Waals surface area contributed by atoms with E-state index in [1.807, 2.05) is 0 Å². The standard InChI is InChI=1S/C8H6FN3O/c9-6-5-11-4-2-7(6)12-8(13)1-3-10/h2,4-5H,1H2,(H,11,12,13). The van der Waals surface area contributed by atoms with Crippen molar-refractivity contribution < 1.29 is 9.18 Å². The van der Waals surface area contributed by atoms with E-state index >= 15 is 0 Å². The number of halogens is 1. The Morgan fingerprint density at radius 1 is 1.77 bits per heavy atom. The van der Waals surface area contributed by atoms with Gasteiger partial charge in [0.25, 0.3) is 0 Å². The largest absolute Gasteiger partial charge is 0.323 e. The van der Waals surface area contributed by atoms with Crippen LogP contribution in [0.15, 0.2) is 18.5 Å². The summed E-state index contributed by atoms with van der Waals surface area (Å²) in [5.41, 5.74) is 0.0373. The van der Waals surface area contributed by atoms with Crippen LogP contribution in [0.5, 0.6) is 0 Å². The highest BCUT2D eigenvalue weighted by Gasteiger charge is 2.04. The van der Waals surface area contributed by atoms with Gasteiger partial charge in [-0.2, -0.15) is 5.26 Å². The lowest BCUT2D eigenvalue weighted by Crippen LogP contribution is -2.11. The molecule has 13 heavy (non-hydrogen) atoms. The zero-order chi connectivity index (χ0) is 9.68. The molecule has 1 aromatic rings. The molecule has 0 fully saturated rings. The van der Waals surface area contributed by atoms with E-state index in [0.717, 1.165) is 6.20 Å². The molecule has 0 radical (unpaired) electrons. The van der Waals surface area contributed by atoms with Gasteiger partial charge in [-0.15, -0.1) is 0 Å². The SMILES string of the molecule is N#CCC(=O)Nc1ccncc1F. The molecule has 0 saturated carbocycles. The summed E-state index contributed by atoms with van der Waals surface area (Å²) in [4.78, 5) is 14.4. The molecular formula is C8H6FN3O. The van der Waals surface area contributed by atoms with Crippen molar-refractivity contribution in [1.82, 2.24) is 4.98 Å². The number of anilines is 1. The van der Waals surface area contributed by atoms with Gasteiger partial charge in [-0.1, -0.05) is 0 Å². The van der Waals surface area contributed by atoms with E-state index in [9.17, 15) is 9.18 Å². The summed E-state index contributed by atoms with van der Waals surface area (Å²) in [6.45, 7) is 0.